The predicted octanol–water partition coefficient (Wildman–Crippen LogP) is 2.58. The lowest BCUT2D eigenvalue weighted by atomic mass is 10.2. The van der Waals surface area contributed by atoms with Gasteiger partial charge in [0.15, 0.2) is 11.5 Å². The zero-order chi connectivity index (χ0) is 18.1. The number of hydrogen-bond acceptors (Lipinski definition) is 4. The van der Waals surface area contributed by atoms with Gasteiger partial charge in [0.05, 0.1) is 11.9 Å². The number of H-pyrrole nitrogens is 1. The first-order valence-corrected chi connectivity index (χ1v) is 8.40. The predicted molar refractivity (Wildman–Crippen MR) is 95.2 cm³/mol. The van der Waals surface area contributed by atoms with Gasteiger partial charge in [-0.3, -0.25) is 4.98 Å². The highest BCUT2D eigenvalue weighted by Crippen LogP contribution is 2.24. The van der Waals surface area contributed by atoms with Crippen LogP contribution in [0.5, 0.6) is 0 Å². The van der Waals surface area contributed by atoms with Crippen molar-refractivity contribution in [3.05, 3.63) is 64.5 Å². The second-order valence-corrected chi connectivity index (χ2v) is 5.97. The van der Waals surface area contributed by atoms with Crippen LogP contribution >= 0.6 is 0 Å². The lowest BCUT2D eigenvalue weighted by Crippen LogP contribution is -2.17. The van der Waals surface area contributed by atoms with Crippen LogP contribution in [-0.2, 0) is 13.1 Å². The molecular formula is C18H17FN6O. The molecule has 1 aromatic carbocycles. The van der Waals surface area contributed by atoms with Crippen LogP contribution in [0.4, 0.5) is 4.39 Å². The number of rotatable bonds is 5. The third-order valence-electron chi connectivity index (χ3n) is 4.13. The average molecular weight is 352 g/mol. The molecule has 0 amide bonds. The maximum Gasteiger partial charge on any atom is 0.343 e. The van der Waals surface area contributed by atoms with E-state index in [0.717, 1.165) is 11.8 Å². The van der Waals surface area contributed by atoms with Gasteiger partial charge in [-0.05, 0) is 24.6 Å². The molecule has 0 spiro atoms. The summed E-state index contributed by atoms with van der Waals surface area (Å²) in [6.45, 7) is 2.74. The minimum atomic E-state index is -0.297. The van der Waals surface area contributed by atoms with Gasteiger partial charge in [0.2, 0.25) is 0 Å². The summed E-state index contributed by atoms with van der Waals surface area (Å²) in [7, 11) is 0. The van der Waals surface area contributed by atoms with Crippen LogP contribution in [-0.4, -0.2) is 29.5 Å². The molecule has 0 aliphatic rings. The molecule has 26 heavy (non-hydrogen) atoms. The SMILES string of the molecule is CCCn1nc(-c2nn(Cc3ccccc3F)c3ncccc23)[nH]c1=O. The van der Waals surface area contributed by atoms with Crippen molar-refractivity contribution in [3.8, 4) is 11.5 Å². The van der Waals surface area contributed by atoms with E-state index in [9.17, 15) is 9.18 Å². The lowest BCUT2D eigenvalue weighted by Gasteiger charge is -2.04. The normalized spacial score (nSPS) is 11.3. The number of pyridine rings is 1. The molecule has 4 rings (SSSR count). The fourth-order valence-corrected chi connectivity index (χ4v) is 2.91. The summed E-state index contributed by atoms with van der Waals surface area (Å²) in [6, 6.07) is 10.2. The molecule has 0 atom stereocenters. The van der Waals surface area contributed by atoms with E-state index >= 15 is 0 Å². The van der Waals surface area contributed by atoms with Crippen molar-refractivity contribution in [1.82, 2.24) is 29.5 Å². The van der Waals surface area contributed by atoms with Crippen LogP contribution < -0.4 is 5.69 Å². The second-order valence-electron chi connectivity index (χ2n) is 5.97. The smallest absolute Gasteiger partial charge is 0.287 e. The summed E-state index contributed by atoms with van der Waals surface area (Å²) in [5, 5.41) is 9.63. The number of nitrogens with one attached hydrogen (secondary N) is 1. The standard InChI is InChI=1S/C18H17FN6O/c1-2-10-24-18(26)21-16(23-24)15-13-7-5-9-20-17(13)25(22-15)11-12-6-3-4-8-14(12)19/h3-9H,2,10-11H2,1H3,(H,21,23,26). The first-order valence-electron chi connectivity index (χ1n) is 8.40. The van der Waals surface area contributed by atoms with Crippen LogP contribution in [0.3, 0.4) is 0 Å². The molecular weight excluding hydrogens is 335 g/mol. The van der Waals surface area contributed by atoms with Gasteiger partial charge >= 0.3 is 5.69 Å². The molecule has 0 aliphatic heterocycles. The van der Waals surface area contributed by atoms with Gasteiger partial charge in [0, 0.05) is 18.3 Å². The van der Waals surface area contributed by atoms with E-state index in [-0.39, 0.29) is 18.1 Å². The van der Waals surface area contributed by atoms with Gasteiger partial charge < -0.3 is 0 Å². The summed E-state index contributed by atoms with van der Waals surface area (Å²) in [6.07, 6.45) is 2.46. The number of aryl methyl sites for hydroxylation is 1. The number of hydrogen-bond donors (Lipinski definition) is 1. The molecule has 8 heteroatoms. The Labute approximate surface area is 148 Å². The van der Waals surface area contributed by atoms with Crippen molar-refractivity contribution in [2.24, 2.45) is 0 Å². The summed E-state index contributed by atoms with van der Waals surface area (Å²) >= 11 is 0. The third kappa shape index (κ3) is 2.79. The van der Waals surface area contributed by atoms with Crippen molar-refractivity contribution in [2.45, 2.75) is 26.4 Å². The summed E-state index contributed by atoms with van der Waals surface area (Å²) in [5.74, 6) is 0.0861. The van der Waals surface area contributed by atoms with Gasteiger partial charge in [-0.25, -0.2) is 23.5 Å². The van der Waals surface area contributed by atoms with Crippen molar-refractivity contribution in [2.75, 3.05) is 0 Å². The Bertz CT molecular complexity index is 1130. The van der Waals surface area contributed by atoms with E-state index < -0.39 is 0 Å². The molecule has 7 nitrogen and oxygen atoms in total. The van der Waals surface area contributed by atoms with E-state index in [1.54, 1.807) is 35.1 Å². The average Bonchev–Trinajstić information content (AvgIpc) is 3.19. The molecule has 0 saturated carbocycles. The first-order chi connectivity index (χ1) is 12.7. The van der Waals surface area contributed by atoms with Crippen LogP contribution in [0.25, 0.3) is 22.6 Å². The minimum absolute atomic E-state index is 0.236. The number of halogens is 1. The number of fused-ring (bicyclic) bond motifs is 1. The monoisotopic (exact) mass is 352 g/mol. The minimum Gasteiger partial charge on any atom is -0.287 e. The molecule has 3 aromatic heterocycles. The Morgan fingerprint density at radius 3 is 2.77 bits per heavy atom. The van der Waals surface area contributed by atoms with Crippen molar-refractivity contribution < 1.29 is 4.39 Å². The van der Waals surface area contributed by atoms with E-state index in [4.69, 9.17) is 0 Å². The Hall–Kier alpha value is -3.29. The highest BCUT2D eigenvalue weighted by atomic mass is 19.1. The summed E-state index contributed by atoms with van der Waals surface area (Å²) in [5.41, 5.74) is 1.37. The van der Waals surface area contributed by atoms with Crippen LogP contribution in [0, 0.1) is 5.82 Å². The number of benzene rings is 1. The molecule has 132 valence electrons. The summed E-state index contributed by atoms with van der Waals surface area (Å²) in [4.78, 5) is 19.1. The molecule has 1 N–H and O–H groups in total. The molecule has 0 unspecified atom stereocenters. The van der Waals surface area contributed by atoms with Gasteiger partial charge in [-0.15, -0.1) is 5.10 Å². The fourth-order valence-electron chi connectivity index (χ4n) is 2.91. The second kappa shape index (κ2) is 6.55. The Kier molecular flexibility index (Phi) is 4.08. The van der Waals surface area contributed by atoms with E-state index in [2.05, 4.69) is 20.2 Å². The van der Waals surface area contributed by atoms with E-state index in [0.29, 0.717) is 29.3 Å². The molecule has 0 saturated heterocycles. The van der Waals surface area contributed by atoms with Gasteiger partial charge in [-0.2, -0.15) is 5.10 Å². The Morgan fingerprint density at radius 2 is 1.96 bits per heavy atom. The van der Waals surface area contributed by atoms with Crippen molar-refractivity contribution >= 4 is 11.0 Å². The maximum absolute atomic E-state index is 14.0. The Balaban J connectivity index is 1.83. The van der Waals surface area contributed by atoms with Gasteiger partial charge in [0.25, 0.3) is 0 Å². The zero-order valence-electron chi connectivity index (χ0n) is 14.2. The van der Waals surface area contributed by atoms with Crippen LogP contribution in [0.2, 0.25) is 0 Å². The largest absolute Gasteiger partial charge is 0.343 e. The van der Waals surface area contributed by atoms with Crippen molar-refractivity contribution in [3.63, 3.8) is 0 Å². The lowest BCUT2D eigenvalue weighted by molar-refractivity contribution is 0.581. The molecule has 3 heterocycles. The maximum atomic E-state index is 14.0. The van der Waals surface area contributed by atoms with Gasteiger partial charge in [0.1, 0.15) is 11.5 Å². The summed E-state index contributed by atoms with van der Waals surface area (Å²) < 4.78 is 17.0. The number of nitrogens with zero attached hydrogens (tertiary/aromatic N) is 5. The van der Waals surface area contributed by atoms with Crippen molar-refractivity contribution in [1.29, 1.82) is 0 Å². The Morgan fingerprint density at radius 1 is 1.12 bits per heavy atom. The fraction of sp³-hybridized carbons (Fsp3) is 0.222. The zero-order valence-corrected chi connectivity index (χ0v) is 14.2. The highest BCUT2D eigenvalue weighted by Gasteiger charge is 2.18. The molecule has 0 aliphatic carbocycles. The highest BCUT2D eigenvalue weighted by molar-refractivity contribution is 5.89. The quantitative estimate of drug-likeness (QED) is 0.598. The van der Waals surface area contributed by atoms with Gasteiger partial charge in [-0.1, -0.05) is 25.1 Å². The molecule has 0 fully saturated rings. The number of aromatic amines is 1. The topological polar surface area (TPSA) is 81.4 Å². The number of aromatic nitrogens is 6. The van der Waals surface area contributed by atoms with Crippen LogP contribution in [0.1, 0.15) is 18.9 Å². The molecule has 0 radical (unpaired) electrons. The third-order valence-corrected chi connectivity index (χ3v) is 4.13. The van der Waals surface area contributed by atoms with E-state index in [1.165, 1.54) is 10.7 Å². The molecule has 0 bridgehead atoms. The van der Waals surface area contributed by atoms with E-state index in [1.807, 2.05) is 13.0 Å². The first kappa shape index (κ1) is 16.2. The molecule has 4 aromatic rings. The van der Waals surface area contributed by atoms with Crippen LogP contribution in [0.15, 0.2) is 47.4 Å².